The zero-order valence-corrected chi connectivity index (χ0v) is 23.4. The van der Waals surface area contributed by atoms with Crippen LogP contribution in [0, 0.1) is 13.8 Å². The molecule has 2 atom stereocenters. The summed E-state index contributed by atoms with van der Waals surface area (Å²) in [6.07, 6.45) is 1.77. The molecule has 0 spiro atoms. The first-order valence-corrected chi connectivity index (χ1v) is 15.7. The van der Waals surface area contributed by atoms with E-state index in [4.69, 9.17) is 39.7 Å². The number of nitrogens with zero attached hydrogens (tertiary/aromatic N) is 3. The van der Waals surface area contributed by atoms with Crippen LogP contribution in [0.5, 0.6) is 0 Å². The third-order valence-corrected chi connectivity index (χ3v) is 8.50. The number of hydrogen-bond donors (Lipinski definition) is 8. The summed E-state index contributed by atoms with van der Waals surface area (Å²) in [6.45, 7) is 3.55. The van der Waals surface area contributed by atoms with Crippen molar-refractivity contribution in [2.45, 2.75) is 26.8 Å². The third-order valence-electron chi connectivity index (χ3n) is 3.52. The summed E-state index contributed by atoms with van der Waals surface area (Å²) in [4.78, 5) is 66.1. The molecular formula is C12H23ClN4O14P4S. The quantitative estimate of drug-likeness (QED) is 0.0951. The summed E-state index contributed by atoms with van der Waals surface area (Å²) in [5, 5.41) is 0. The minimum Gasteiger partial charge on any atom is -1.00 e. The van der Waals surface area contributed by atoms with Crippen LogP contribution in [0.2, 0.25) is 0 Å². The standard InChI is InChI=1S/C12H19N4O10P3S.ClH.H3O4P/c1-8-11(30-7-16(8)6-10-5-14-9(2)15-12(10)13)3-4-24-28(20,21)26-29(22,23)25-27(17,18)19;;1-5(2,3)4/h5,7H,3-4,6H2,1-2H3,(H5-,13,14,15,17,18,19,20,21,22,23);1H;(H3,1,2,3,4). The van der Waals surface area contributed by atoms with E-state index in [1.807, 2.05) is 11.5 Å². The maximum Gasteiger partial charge on any atom is 0.490 e. The molecule has 0 fully saturated rings. The van der Waals surface area contributed by atoms with E-state index in [0.29, 0.717) is 23.8 Å². The number of aryl methyl sites for hydroxylation is 1. The van der Waals surface area contributed by atoms with E-state index in [1.165, 1.54) is 11.3 Å². The molecule has 0 saturated heterocycles. The van der Waals surface area contributed by atoms with Crippen molar-refractivity contribution >= 4 is 48.4 Å². The van der Waals surface area contributed by atoms with Crippen LogP contribution >= 0.6 is 42.6 Å². The topological polar surface area (TPSA) is 293 Å². The lowest BCUT2D eigenvalue weighted by Crippen LogP contribution is -3.00. The van der Waals surface area contributed by atoms with Gasteiger partial charge < -0.3 is 52.4 Å². The normalized spacial score (nSPS) is 15.1. The summed E-state index contributed by atoms with van der Waals surface area (Å²) in [5.74, 6) is 0.908. The molecule has 0 amide bonds. The largest absolute Gasteiger partial charge is 1.00 e. The number of hydrogen-bond acceptors (Lipinski definition) is 11. The van der Waals surface area contributed by atoms with E-state index < -0.39 is 31.3 Å². The van der Waals surface area contributed by atoms with Crippen molar-refractivity contribution in [3.05, 3.63) is 33.7 Å². The molecule has 2 aromatic heterocycles. The fourth-order valence-electron chi connectivity index (χ4n) is 2.22. The SMILES string of the molecule is Cc1ncc(C[n+]2csc(CCOP(=O)(O)OP(=O)(O)OP(=O)(O)O)c2C)c(N)n1.O=P(O)(O)O.[Cl-]. The molecule has 0 bridgehead atoms. The van der Waals surface area contributed by atoms with Crippen molar-refractivity contribution in [2.75, 3.05) is 12.3 Å². The minimum atomic E-state index is -5.53. The average molecular weight is 639 g/mol. The molecular weight excluding hydrogens is 616 g/mol. The van der Waals surface area contributed by atoms with Crippen molar-refractivity contribution in [3.8, 4) is 0 Å². The highest BCUT2D eigenvalue weighted by Crippen LogP contribution is 2.66. The van der Waals surface area contributed by atoms with Crippen LogP contribution in [-0.2, 0) is 44.4 Å². The smallest absolute Gasteiger partial charge is 0.490 e. The Labute approximate surface area is 213 Å². The van der Waals surface area contributed by atoms with Crippen LogP contribution < -0.4 is 22.7 Å². The van der Waals surface area contributed by atoms with Crippen molar-refractivity contribution in [1.29, 1.82) is 0 Å². The summed E-state index contributed by atoms with van der Waals surface area (Å²) >= 11 is 1.33. The lowest BCUT2D eigenvalue weighted by Gasteiger charge is -2.15. The van der Waals surface area contributed by atoms with Gasteiger partial charge in [-0.05, 0) is 6.92 Å². The molecule has 9 N–H and O–H groups in total. The van der Waals surface area contributed by atoms with Crippen LogP contribution in [0.15, 0.2) is 11.7 Å². The van der Waals surface area contributed by atoms with Gasteiger partial charge in [-0.2, -0.15) is 13.2 Å². The van der Waals surface area contributed by atoms with Gasteiger partial charge in [-0.3, -0.25) is 4.52 Å². The molecule has 2 heterocycles. The Balaban J connectivity index is 0.00000185. The number of phosphoric ester groups is 1. The minimum absolute atomic E-state index is 0. The molecule has 0 aromatic carbocycles. The Morgan fingerprint density at radius 2 is 1.56 bits per heavy atom. The van der Waals surface area contributed by atoms with Gasteiger partial charge in [-0.15, -0.1) is 0 Å². The van der Waals surface area contributed by atoms with Crippen molar-refractivity contribution in [2.24, 2.45) is 0 Å². The molecule has 2 aromatic rings. The predicted molar refractivity (Wildman–Crippen MR) is 117 cm³/mol. The van der Waals surface area contributed by atoms with E-state index >= 15 is 0 Å². The maximum absolute atomic E-state index is 11.7. The lowest BCUT2D eigenvalue weighted by atomic mass is 10.2. The monoisotopic (exact) mass is 638 g/mol. The molecule has 0 saturated carbocycles. The molecule has 0 radical (unpaired) electrons. The highest BCUT2D eigenvalue weighted by Gasteiger charge is 2.40. The molecule has 0 aliphatic heterocycles. The summed E-state index contributed by atoms with van der Waals surface area (Å²) in [5.41, 5.74) is 9.22. The van der Waals surface area contributed by atoms with Crippen LogP contribution in [0.3, 0.4) is 0 Å². The van der Waals surface area contributed by atoms with E-state index in [-0.39, 0.29) is 25.4 Å². The van der Waals surface area contributed by atoms with Gasteiger partial charge in [0.05, 0.1) is 17.0 Å². The van der Waals surface area contributed by atoms with Gasteiger partial charge in [0, 0.05) is 19.5 Å². The fourth-order valence-corrected chi connectivity index (χ4v) is 6.21. The molecule has 0 aliphatic rings. The Morgan fingerprint density at radius 3 is 2.06 bits per heavy atom. The van der Waals surface area contributed by atoms with E-state index in [2.05, 4.69) is 23.1 Å². The van der Waals surface area contributed by atoms with E-state index in [0.717, 1.165) is 10.6 Å². The number of anilines is 1. The Morgan fingerprint density at radius 1 is 1.00 bits per heavy atom. The Bertz CT molecular complexity index is 1210. The first kappa shape index (κ1) is 35.3. The van der Waals surface area contributed by atoms with Gasteiger partial charge in [-0.25, -0.2) is 28.2 Å². The van der Waals surface area contributed by atoms with Gasteiger partial charge in [0.25, 0.3) is 0 Å². The third kappa shape index (κ3) is 14.9. The molecule has 36 heavy (non-hydrogen) atoms. The maximum atomic E-state index is 11.7. The zero-order chi connectivity index (χ0) is 27.2. The van der Waals surface area contributed by atoms with Gasteiger partial charge >= 0.3 is 31.3 Å². The molecule has 208 valence electrons. The number of aromatic nitrogens is 3. The van der Waals surface area contributed by atoms with Gasteiger partial charge in [-0.1, -0.05) is 11.3 Å². The summed E-state index contributed by atoms with van der Waals surface area (Å²) < 4.78 is 56.2. The number of rotatable bonds is 10. The molecule has 2 rings (SSSR count). The van der Waals surface area contributed by atoms with E-state index in [9.17, 15) is 18.6 Å². The van der Waals surface area contributed by atoms with Crippen molar-refractivity contribution in [1.82, 2.24) is 9.97 Å². The highest BCUT2D eigenvalue weighted by molar-refractivity contribution is 7.66. The zero-order valence-electron chi connectivity index (χ0n) is 18.3. The summed E-state index contributed by atoms with van der Waals surface area (Å²) in [7, 11) is -20.7. The van der Waals surface area contributed by atoms with Gasteiger partial charge in [0.1, 0.15) is 11.6 Å². The molecule has 2 unspecified atom stereocenters. The number of thiazole rings is 1. The number of nitrogens with two attached hydrogens (primary N) is 1. The van der Waals surface area contributed by atoms with Gasteiger partial charge in [0.2, 0.25) is 5.51 Å². The lowest BCUT2D eigenvalue weighted by molar-refractivity contribution is -0.689. The number of phosphoric acid groups is 4. The Kier molecular flexibility index (Phi) is 13.7. The van der Waals surface area contributed by atoms with Crippen LogP contribution in [-0.4, -0.2) is 50.8 Å². The second-order valence-electron chi connectivity index (χ2n) is 6.37. The van der Waals surface area contributed by atoms with Crippen molar-refractivity contribution in [3.63, 3.8) is 0 Å². The van der Waals surface area contributed by atoms with Gasteiger partial charge in [0.15, 0.2) is 12.2 Å². The average Bonchev–Trinajstić information content (AvgIpc) is 2.92. The molecule has 24 heteroatoms. The highest BCUT2D eigenvalue weighted by atomic mass is 35.5. The molecule has 0 aliphatic carbocycles. The predicted octanol–water partition coefficient (Wildman–Crippen LogP) is -2.97. The first-order valence-electron chi connectivity index (χ1n) is 8.78. The second kappa shape index (κ2) is 13.9. The number of halogens is 1. The number of nitrogen functional groups attached to an aromatic ring is 1. The first-order chi connectivity index (χ1) is 15.7. The Hall–Kier alpha value is -0.680. The van der Waals surface area contributed by atoms with Crippen LogP contribution in [0.4, 0.5) is 5.82 Å². The van der Waals surface area contributed by atoms with Crippen LogP contribution in [0.1, 0.15) is 22.0 Å². The second-order valence-corrected chi connectivity index (χ2v) is 12.8. The fraction of sp³-hybridized carbons (Fsp3) is 0.417. The van der Waals surface area contributed by atoms with Crippen LogP contribution in [0.25, 0.3) is 0 Å². The van der Waals surface area contributed by atoms with Crippen molar-refractivity contribution < 1.29 is 82.6 Å². The molecule has 18 nitrogen and oxygen atoms in total. The van der Waals surface area contributed by atoms with E-state index in [1.54, 1.807) is 18.6 Å². The summed E-state index contributed by atoms with van der Waals surface area (Å²) in [6, 6.07) is 0.